The number of aryl methyl sites for hydroxylation is 2. The summed E-state index contributed by atoms with van der Waals surface area (Å²) in [6.45, 7) is 13.5. The van der Waals surface area contributed by atoms with Crippen molar-refractivity contribution in [3.63, 3.8) is 0 Å². The van der Waals surface area contributed by atoms with Crippen LogP contribution in [0.25, 0.3) is 0 Å². The maximum atomic E-state index is 12.3. The van der Waals surface area contributed by atoms with Crippen LogP contribution in [0.4, 0.5) is 10.5 Å². The average Bonchev–Trinajstić information content (AvgIpc) is 2.71. The summed E-state index contributed by atoms with van der Waals surface area (Å²) in [5.74, 6) is 6.37. The molecule has 1 amide bonds. The summed E-state index contributed by atoms with van der Waals surface area (Å²) in [5, 5.41) is 13.7. The second kappa shape index (κ2) is 10.8. The van der Waals surface area contributed by atoms with Crippen molar-refractivity contribution in [3.8, 4) is 11.8 Å². The number of carbonyl (C=O) groups is 2. The van der Waals surface area contributed by atoms with Crippen LogP contribution < -0.4 is 10.6 Å². The second-order valence-electron chi connectivity index (χ2n) is 9.24. The van der Waals surface area contributed by atoms with E-state index in [2.05, 4.69) is 22.5 Å². The number of nitrogens with one attached hydrogen (secondary N) is 3. The lowest BCUT2D eigenvalue weighted by Gasteiger charge is -2.19. The number of ketones is 1. The number of hydrogen-bond donors (Lipinski definition) is 3. The smallest absolute Gasteiger partial charge is 0.413 e. The number of benzene rings is 2. The van der Waals surface area contributed by atoms with Gasteiger partial charge in [0, 0.05) is 28.3 Å². The summed E-state index contributed by atoms with van der Waals surface area (Å²) in [6.07, 6.45) is -0.655. The molecule has 0 heterocycles. The van der Waals surface area contributed by atoms with Crippen LogP contribution in [0.15, 0.2) is 36.4 Å². The molecule has 0 fully saturated rings. The van der Waals surface area contributed by atoms with E-state index in [1.165, 1.54) is 0 Å². The molecule has 0 radical (unpaired) electrons. The minimum Gasteiger partial charge on any atom is -0.444 e. The van der Waals surface area contributed by atoms with Crippen molar-refractivity contribution >= 4 is 23.4 Å². The molecule has 3 N–H and O–H groups in total. The molecule has 6 nitrogen and oxygen atoms in total. The first-order valence-corrected chi connectivity index (χ1v) is 10.9. The zero-order chi connectivity index (χ0) is 24.8. The van der Waals surface area contributed by atoms with Crippen LogP contribution in [0, 0.1) is 37.0 Å². The van der Waals surface area contributed by atoms with E-state index >= 15 is 0 Å². The largest absolute Gasteiger partial charge is 0.444 e. The van der Waals surface area contributed by atoms with Crippen LogP contribution in [-0.2, 0) is 4.74 Å². The maximum Gasteiger partial charge on any atom is 0.413 e. The van der Waals surface area contributed by atoms with E-state index in [-0.39, 0.29) is 17.5 Å². The van der Waals surface area contributed by atoms with E-state index in [4.69, 9.17) is 10.1 Å². The van der Waals surface area contributed by atoms with Gasteiger partial charge < -0.3 is 10.1 Å². The van der Waals surface area contributed by atoms with Gasteiger partial charge in [-0.2, -0.15) is 0 Å². The summed E-state index contributed by atoms with van der Waals surface area (Å²) in [6, 6.07) is 11.0. The number of carbonyl (C=O) groups excluding carboxylic acids is 2. The van der Waals surface area contributed by atoms with Gasteiger partial charge in [-0.25, -0.2) is 4.79 Å². The third-order valence-electron chi connectivity index (χ3n) is 4.76. The SMILES string of the molecule is Cc1cc(C(=O)C(C)C)c(C)cc1C#CCNc1ccc(C(=N)NC(=O)OC(C)(C)C)cc1. The molecule has 0 saturated heterocycles. The molecular weight excluding hydrogens is 414 g/mol. The van der Waals surface area contributed by atoms with E-state index in [1.54, 1.807) is 32.9 Å². The summed E-state index contributed by atoms with van der Waals surface area (Å²) >= 11 is 0. The van der Waals surface area contributed by atoms with Gasteiger partial charge >= 0.3 is 6.09 Å². The highest BCUT2D eigenvalue weighted by Gasteiger charge is 2.17. The van der Waals surface area contributed by atoms with E-state index < -0.39 is 11.7 Å². The van der Waals surface area contributed by atoms with Crippen molar-refractivity contribution in [2.75, 3.05) is 11.9 Å². The van der Waals surface area contributed by atoms with E-state index in [0.29, 0.717) is 12.1 Å². The van der Waals surface area contributed by atoms with Crippen LogP contribution >= 0.6 is 0 Å². The predicted octanol–water partition coefficient (Wildman–Crippen LogP) is 5.46. The molecule has 33 heavy (non-hydrogen) atoms. The Hall–Kier alpha value is -3.59. The quantitative estimate of drug-likeness (QED) is 0.246. The Kier molecular flexibility index (Phi) is 8.42. The van der Waals surface area contributed by atoms with Crippen molar-refractivity contribution in [1.82, 2.24) is 5.32 Å². The fraction of sp³-hybridized carbons (Fsp3) is 0.370. The molecule has 0 bridgehead atoms. The number of amides is 1. The van der Waals surface area contributed by atoms with Gasteiger partial charge in [-0.1, -0.05) is 25.7 Å². The lowest BCUT2D eigenvalue weighted by Crippen LogP contribution is -2.36. The summed E-state index contributed by atoms with van der Waals surface area (Å²) < 4.78 is 5.16. The molecule has 0 aromatic heterocycles. The van der Waals surface area contributed by atoms with Crippen LogP contribution in [0.3, 0.4) is 0 Å². The van der Waals surface area contributed by atoms with Gasteiger partial charge in [0.2, 0.25) is 0 Å². The summed E-state index contributed by atoms with van der Waals surface area (Å²) in [4.78, 5) is 24.1. The number of anilines is 1. The van der Waals surface area contributed by atoms with Gasteiger partial charge in [0.25, 0.3) is 0 Å². The number of alkyl carbamates (subject to hydrolysis) is 1. The predicted molar refractivity (Wildman–Crippen MR) is 133 cm³/mol. The number of ether oxygens (including phenoxy) is 1. The van der Waals surface area contributed by atoms with Gasteiger partial charge in [-0.05, 0) is 82.1 Å². The normalized spacial score (nSPS) is 10.8. The number of hydrogen-bond acceptors (Lipinski definition) is 5. The summed E-state index contributed by atoms with van der Waals surface area (Å²) in [7, 11) is 0. The van der Waals surface area contributed by atoms with Gasteiger partial charge in [0.1, 0.15) is 11.4 Å². The Morgan fingerprint density at radius 3 is 2.27 bits per heavy atom. The fourth-order valence-electron chi connectivity index (χ4n) is 3.05. The lowest BCUT2D eigenvalue weighted by molar-refractivity contribution is 0.0563. The number of rotatable bonds is 5. The molecule has 0 aliphatic heterocycles. The van der Waals surface area contributed by atoms with Crippen molar-refractivity contribution < 1.29 is 14.3 Å². The Balaban J connectivity index is 1.96. The molecule has 0 aliphatic carbocycles. The Labute approximate surface area is 196 Å². The van der Waals surface area contributed by atoms with Crippen LogP contribution in [0.5, 0.6) is 0 Å². The van der Waals surface area contributed by atoms with Crippen molar-refractivity contribution in [3.05, 3.63) is 64.2 Å². The highest BCUT2D eigenvalue weighted by atomic mass is 16.6. The molecule has 2 rings (SSSR count). The molecule has 0 aliphatic rings. The Morgan fingerprint density at radius 2 is 1.70 bits per heavy atom. The first-order valence-electron chi connectivity index (χ1n) is 10.9. The molecule has 174 valence electrons. The van der Waals surface area contributed by atoms with Gasteiger partial charge in [-0.15, -0.1) is 0 Å². The average molecular weight is 448 g/mol. The van der Waals surface area contributed by atoms with Crippen LogP contribution in [-0.4, -0.2) is 29.9 Å². The minimum absolute atomic E-state index is 0.0270. The second-order valence-corrected chi connectivity index (χ2v) is 9.24. The lowest BCUT2D eigenvalue weighted by atomic mass is 9.93. The standard InChI is InChI=1S/C27H33N3O3/c1-17(2)24(31)23-16-18(3)21(15-19(23)4)9-8-14-29-22-12-10-20(11-13-22)25(28)30-26(32)33-27(5,6)7/h10-13,15-17,29H,14H2,1-7H3,(H2,28,30,32). The Morgan fingerprint density at radius 1 is 1.06 bits per heavy atom. The number of amidine groups is 1. The third-order valence-corrected chi connectivity index (χ3v) is 4.76. The molecule has 0 spiro atoms. The van der Waals surface area contributed by atoms with E-state index in [9.17, 15) is 9.59 Å². The molecule has 0 unspecified atom stereocenters. The topological polar surface area (TPSA) is 91.3 Å². The first-order chi connectivity index (χ1) is 15.4. The highest BCUT2D eigenvalue weighted by molar-refractivity contribution is 6.04. The molecule has 2 aromatic carbocycles. The van der Waals surface area contributed by atoms with E-state index in [1.807, 2.05) is 52.0 Å². The molecule has 2 aromatic rings. The van der Waals surface area contributed by atoms with Crippen molar-refractivity contribution in [2.45, 2.75) is 54.1 Å². The van der Waals surface area contributed by atoms with Crippen molar-refractivity contribution in [2.24, 2.45) is 5.92 Å². The minimum atomic E-state index is -0.655. The van der Waals surface area contributed by atoms with Gasteiger partial charge in [0.15, 0.2) is 5.78 Å². The summed E-state index contributed by atoms with van der Waals surface area (Å²) in [5.41, 5.74) is 4.39. The first kappa shape index (κ1) is 25.7. The zero-order valence-electron chi connectivity index (χ0n) is 20.5. The maximum absolute atomic E-state index is 12.3. The van der Waals surface area contributed by atoms with Crippen molar-refractivity contribution in [1.29, 1.82) is 5.41 Å². The van der Waals surface area contributed by atoms with Crippen LogP contribution in [0.2, 0.25) is 0 Å². The monoisotopic (exact) mass is 447 g/mol. The zero-order valence-corrected chi connectivity index (χ0v) is 20.5. The molecule has 0 saturated carbocycles. The fourth-order valence-corrected chi connectivity index (χ4v) is 3.05. The molecule has 0 atom stereocenters. The van der Waals surface area contributed by atoms with Gasteiger partial charge in [-0.3, -0.25) is 15.5 Å². The van der Waals surface area contributed by atoms with Crippen LogP contribution in [0.1, 0.15) is 67.2 Å². The third kappa shape index (κ3) is 7.80. The highest BCUT2D eigenvalue weighted by Crippen LogP contribution is 2.19. The number of Topliss-reactive ketones (excluding diaryl/α,β-unsaturated/α-hetero) is 1. The van der Waals surface area contributed by atoms with Gasteiger partial charge in [0.05, 0.1) is 6.54 Å². The molecular formula is C27H33N3O3. The Bertz CT molecular complexity index is 1100. The molecule has 6 heteroatoms. The van der Waals surface area contributed by atoms with E-state index in [0.717, 1.165) is 27.9 Å².